The van der Waals surface area contributed by atoms with Crippen LogP contribution in [0.25, 0.3) is 11.0 Å². The number of phenols is 1. The Balaban J connectivity index is 1.19. The van der Waals surface area contributed by atoms with E-state index in [0.29, 0.717) is 44.3 Å². The number of hydrogen-bond acceptors (Lipinski definition) is 11. The number of nitrogens with one attached hydrogen (secondary N) is 1. The molecule has 6 aromatic rings. The van der Waals surface area contributed by atoms with Crippen LogP contribution in [0.3, 0.4) is 0 Å². The molecular formula is C44H38BrClFN7O9. The van der Waals surface area contributed by atoms with Gasteiger partial charge in [-0.2, -0.15) is 5.01 Å². The van der Waals surface area contributed by atoms with E-state index in [4.69, 9.17) is 25.8 Å². The van der Waals surface area contributed by atoms with Gasteiger partial charge in [0.15, 0.2) is 23.0 Å². The second-order valence-electron chi connectivity index (χ2n) is 15.5. The van der Waals surface area contributed by atoms with Crippen LogP contribution >= 0.6 is 27.5 Å². The number of aromatic hydroxyl groups is 1. The molecule has 19 heteroatoms. The molecule has 2 amide bonds. The molecular weight excluding hydrogens is 905 g/mol. The van der Waals surface area contributed by atoms with Gasteiger partial charge in [-0.25, -0.2) is 32.9 Å². The Hall–Kier alpha value is -6.66. The van der Waals surface area contributed by atoms with Crippen molar-refractivity contribution in [2.45, 2.75) is 43.3 Å². The van der Waals surface area contributed by atoms with Crippen molar-refractivity contribution in [2.75, 3.05) is 26.8 Å². The van der Waals surface area contributed by atoms with Gasteiger partial charge >= 0.3 is 11.4 Å². The number of halogens is 3. The van der Waals surface area contributed by atoms with Gasteiger partial charge in [0.1, 0.15) is 11.5 Å². The van der Waals surface area contributed by atoms with E-state index in [1.807, 2.05) is 0 Å². The fourth-order valence-corrected chi connectivity index (χ4v) is 10.1. The maximum Gasteiger partial charge on any atom is 0.347 e. The van der Waals surface area contributed by atoms with E-state index < -0.39 is 57.9 Å². The van der Waals surface area contributed by atoms with Gasteiger partial charge in [0, 0.05) is 43.1 Å². The summed E-state index contributed by atoms with van der Waals surface area (Å²) in [6.07, 6.45) is 1.61. The summed E-state index contributed by atoms with van der Waals surface area (Å²) >= 11 is 9.84. The van der Waals surface area contributed by atoms with Gasteiger partial charge in [0.05, 0.1) is 66.4 Å². The number of benzene rings is 4. The van der Waals surface area contributed by atoms with E-state index in [1.165, 1.54) is 59.5 Å². The molecule has 324 valence electrons. The van der Waals surface area contributed by atoms with Crippen molar-refractivity contribution in [3.8, 4) is 23.0 Å². The molecule has 1 saturated carbocycles. The van der Waals surface area contributed by atoms with Gasteiger partial charge < -0.3 is 23.9 Å². The first-order chi connectivity index (χ1) is 30.2. The quantitative estimate of drug-likeness (QED) is 0.136. The lowest BCUT2D eigenvalue weighted by atomic mass is 9.53. The number of aromatic nitrogens is 5. The summed E-state index contributed by atoms with van der Waals surface area (Å²) in [6.45, 7) is -0.289. The van der Waals surface area contributed by atoms with Gasteiger partial charge in [0.2, 0.25) is 0 Å². The number of carbonyl (C=O) groups excluding carboxylic acids is 2. The minimum absolute atomic E-state index is 0.0741. The SMILES string of the molecule is COc1cc2nc(CCn3c(=O)n4n(c3=O)[C@@H]3C[C@H]5C(=O)N(Nc6ccc(F)cc6)C(=O)[C@@]5(c5ccc(Cl)cc5)[C@@H](c5cc(Br)c(O)c(OC)c5)C3=CC4)c(=O)n(C)c2cc1OC. The molecule has 16 nitrogen and oxygen atoms in total. The average Bonchev–Trinajstić information content (AvgIpc) is 3.65. The van der Waals surface area contributed by atoms with E-state index in [-0.39, 0.29) is 53.3 Å². The monoisotopic (exact) mass is 941 g/mol. The first kappa shape index (κ1) is 41.7. The third-order valence-corrected chi connectivity index (χ3v) is 13.3. The molecule has 0 unspecified atom stereocenters. The maximum atomic E-state index is 15.4. The van der Waals surface area contributed by atoms with Crippen molar-refractivity contribution in [3.63, 3.8) is 0 Å². The predicted octanol–water partition coefficient (Wildman–Crippen LogP) is 5.21. The highest BCUT2D eigenvalue weighted by Gasteiger charge is 2.69. The second-order valence-corrected chi connectivity index (χ2v) is 16.8. The fraction of sp³-hybridized carbons (Fsp3) is 0.273. The van der Waals surface area contributed by atoms with Crippen LogP contribution in [0.5, 0.6) is 23.0 Å². The largest absolute Gasteiger partial charge is 0.503 e. The van der Waals surface area contributed by atoms with Crippen molar-refractivity contribution in [2.24, 2.45) is 13.0 Å². The lowest BCUT2D eigenvalue weighted by Gasteiger charge is -2.49. The van der Waals surface area contributed by atoms with Crippen LogP contribution < -0.4 is 36.6 Å². The number of nitrogens with zero attached hydrogens (tertiary/aromatic N) is 6. The average molecular weight is 943 g/mol. The van der Waals surface area contributed by atoms with E-state index in [0.717, 1.165) is 9.58 Å². The molecule has 0 spiro atoms. The first-order valence-electron chi connectivity index (χ1n) is 19.7. The summed E-state index contributed by atoms with van der Waals surface area (Å²) in [6, 6.07) is 17.3. The Kier molecular flexibility index (Phi) is 10.3. The number of anilines is 1. The number of phenolic OH excluding ortho intramolecular Hbond substituents is 1. The van der Waals surface area contributed by atoms with E-state index in [2.05, 4.69) is 26.3 Å². The summed E-state index contributed by atoms with van der Waals surface area (Å²) in [4.78, 5) is 77.5. The standard InChI is InChI=1S/C44H38BrClFN7O9/c1-50-33-21-35(62-3)34(61-2)20-31(33)48-30(40(50)57)14-15-51-42(59)52-16-13-27-32(54(52)43(51)60)19-28-39(56)53(49-26-11-9-25(47)10-12-26)41(58)44(28,23-5-7-24(46)8-6-23)37(27)22-17-29(45)38(55)36(18-22)63-4/h5-13,17-18,20-21,28,32,37,49,55H,14-16,19H2,1-4H3/t28-,32+,37-,44+/m0/s1. The molecule has 63 heavy (non-hydrogen) atoms. The van der Waals surface area contributed by atoms with Gasteiger partial charge in [-0.1, -0.05) is 29.8 Å². The molecule has 2 N–H and O–H groups in total. The van der Waals surface area contributed by atoms with Crippen molar-refractivity contribution < 1.29 is 33.3 Å². The molecule has 4 atom stereocenters. The van der Waals surface area contributed by atoms with E-state index in [9.17, 15) is 28.7 Å². The number of fused-ring (bicyclic) bond motifs is 5. The summed E-state index contributed by atoms with van der Waals surface area (Å²) in [5.41, 5.74) is 2.20. The molecule has 9 rings (SSSR count). The Morgan fingerprint density at radius 1 is 0.921 bits per heavy atom. The minimum atomic E-state index is -1.69. The number of allylic oxidation sites excluding steroid dienone is 2. The van der Waals surface area contributed by atoms with Gasteiger partial charge in [0.25, 0.3) is 17.4 Å². The number of aryl methyl sites for hydroxylation is 2. The Morgan fingerprint density at radius 2 is 1.60 bits per heavy atom. The number of carbonyl (C=O) groups is 2. The zero-order valence-electron chi connectivity index (χ0n) is 34.1. The molecule has 0 bridgehead atoms. The van der Waals surface area contributed by atoms with Gasteiger partial charge in [-0.15, -0.1) is 0 Å². The molecule has 1 aliphatic carbocycles. The van der Waals surface area contributed by atoms with Crippen LogP contribution in [0.15, 0.2) is 103 Å². The molecule has 4 heterocycles. The van der Waals surface area contributed by atoms with Crippen LogP contribution in [0.1, 0.15) is 35.2 Å². The highest BCUT2D eigenvalue weighted by molar-refractivity contribution is 9.10. The maximum absolute atomic E-state index is 15.4. The number of rotatable bonds is 10. The number of hydrogen-bond donors (Lipinski definition) is 2. The Morgan fingerprint density at radius 3 is 2.29 bits per heavy atom. The second kappa shape index (κ2) is 15.6. The van der Waals surface area contributed by atoms with Crippen LogP contribution in [0, 0.1) is 11.7 Å². The summed E-state index contributed by atoms with van der Waals surface area (Å²) in [7, 11) is 5.93. The normalized spacial score (nSPS) is 20.3. The lowest BCUT2D eigenvalue weighted by Crippen LogP contribution is -2.53. The van der Waals surface area contributed by atoms with Gasteiger partial charge in [-0.05, 0) is 87.6 Å². The van der Waals surface area contributed by atoms with E-state index >= 15 is 4.79 Å². The van der Waals surface area contributed by atoms with Crippen molar-refractivity contribution in [1.29, 1.82) is 0 Å². The number of ether oxygens (including phenoxy) is 3. The van der Waals surface area contributed by atoms with E-state index in [1.54, 1.807) is 61.7 Å². The molecule has 4 aromatic carbocycles. The van der Waals surface area contributed by atoms with Crippen LogP contribution in [0.2, 0.25) is 5.02 Å². The zero-order valence-corrected chi connectivity index (χ0v) is 36.4. The molecule has 2 aliphatic heterocycles. The predicted molar refractivity (Wildman–Crippen MR) is 232 cm³/mol. The smallest absolute Gasteiger partial charge is 0.347 e. The van der Waals surface area contributed by atoms with Crippen molar-refractivity contribution in [1.82, 2.24) is 28.5 Å². The molecule has 2 aromatic heterocycles. The van der Waals surface area contributed by atoms with Crippen LogP contribution in [-0.2, 0) is 41.6 Å². The number of amides is 2. The number of methoxy groups -OCH3 is 3. The van der Waals surface area contributed by atoms with Crippen molar-refractivity contribution in [3.05, 3.63) is 148 Å². The zero-order chi connectivity index (χ0) is 44.6. The lowest BCUT2D eigenvalue weighted by molar-refractivity contribution is -0.138. The Labute approximate surface area is 370 Å². The third kappa shape index (κ3) is 6.36. The highest BCUT2D eigenvalue weighted by Crippen LogP contribution is 2.62. The van der Waals surface area contributed by atoms with Gasteiger partial charge in [-0.3, -0.25) is 19.8 Å². The fourth-order valence-electron chi connectivity index (χ4n) is 9.54. The highest BCUT2D eigenvalue weighted by atomic mass is 79.9. The van der Waals surface area contributed by atoms with Crippen LogP contribution in [0.4, 0.5) is 10.1 Å². The Bertz CT molecular complexity index is 3110. The topological polar surface area (TPSA) is 181 Å². The number of hydrazine groups is 1. The molecule has 0 radical (unpaired) electrons. The molecule has 3 aliphatic rings. The summed E-state index contributed by atoms with van der Waals surface area (Å²) in [5.74, 6) is -3.27. The minimum Gasteiger partial charge on any atom is -0.503 e. The van der Waals surface area contributed by atoms with Crippen LogP contribution in [-0.4, -0.2) is 66.7 Å². The third-order valence-electron chi connectivity index (χ3n) is 12.4. The number of imide groups is 1. The van der Waals surface area contributed by atoms with Crippen molar-refractivity contribution >= 4 is 56.1 Å². The summed E-state index contributed by atoms with van der Waals surface area (Å²) < 4.78 is 35.7. The molecule has 1 saturated heterocycles. The first-order valence-corrected chi connectivity index (χ1v) is 20.9. The summed E-state index contributed by atoms with van der Waals surface area (Å²) in [5, 5.41) is 12.3. The molecule has 2 fully saturated rings.